The fourth-order valence-electron chi connectivity index (χ4n) is 2.08. The van der Waals surface area contributed by atoms with Crippen molar-refractivity contribution in [1.29, 1.82) is 0 Å². The van der Waals surface area contributed by atoms with Crippen LogP contribution in [0.1, 0.15) is 21.5 Å². The van der Waals surface area contributed by atoms with E-state index < -0.39 is 64.4 Å². The van der Waals surface area contributed by atoms with E-state index in [1.54, 1.807) is 0 Å². The summed E-state index contributed by atoms with van der Waals surface area (Å²) in [6, 6.07) is 2.72. The minimum absolute atomic E-state index is 0. The Bertz CT molecular complexity index is 858. The summed E-state index contributed by atoms with van der Waals surface area (Å²) >= 11 is 0. The number of nitrogens with one attached hydrogen (secondary N) is 1. The molecule has 0 fully saturated rings. The molecule has 0 amide bonds. The van der Waals surface area contributed by atoms with Crippen molar-refractivity contribution in [2.45, 2.75) is 12.7 Å². The molecule has 0 atom stereocenters. The molecule has 0 saturated heterocycles. The number of hydrogen-bond donors (Lipinski definition) is 2. The number of alkyl halides is 3. The van der Waals surface area contributed by atoms with E-state index in [1.807, 2.05) is 0 Å². The van der Waals surface area contributed by atoms with Crippen LogP contribution in [-0.4, -0.2) is 11.1 Å². The molecule has 0 aliphatic rings. The molecule has 0 radical (unpaired) electrons. The number of benzene rings is 2. The number of carboxylic acids is 1. The average molecular weight is 405 g/mol. The molecule has 4 nitrogen and oxygen atoms in total. The monoisotopic (exact) mass is 405 g/mol. The molecule has 12 heteroatoms. The normalized spacial score (nSPS) is 11.1. The van der Waals surface area contributed by atoms with Gasteiger partial charge in [-0.15, -0.1) is 0 Å². The Kier molecular flexibility index (Phi) is 7.14. The van der Waals surface area contributed by atoms with Gasteiger partial charge in [-0.2, -0.15) is 13.2 Å². The van der Waals surface area contributed by atoms with Gasteiger partial charge in [0.05, 0.1) is 5.97 Å². The molecule has 0 saturated carbocycles. The predicted molar refractivity (Wildman–Crippen MR) is 71.0 cm³/mol. The Labute approximate surface area is 168 Å². The van der Waals surface area contributed by atoms with Crippen LogP contribution in [0.4, 0.5) is 36.4 Å². The summed E-state index contributed by atoms with van der Waals surface area (Å²) in [5.74, 6) is -12.2. The second-order valence-corrected chi connectivity index (χ2v) is 4.98. The zero-order valence-corrected chi connectivity index (χ0v) is 15.3. The number of hydrogen-bond acceptors (Lipinski definition) is 4. The molecule has 2 aromatic rings. The van der Waals surface area contributed by atoms with Crippen LogP contribution in [0.2, 0.25) is 0 Å². The maximum atomic E-state index is 13.7. The van der Waals surface area contributed by atoms with E-state index in [2.05, 4.69) is 5.32 Å². The number of carbonyl (C=O) groups is 1. The number of phenols is 1. The van der Waals surface area contributed by atoms with Gasteiger partial charge in [-0.25, -0.2) is 17.6 Å². The Morgan fingerprint density at radius 1 is 1.04 bits per heavy atom. The molecule has 2 N–H and O–H groups in total. The second-order valence-electron chi connectivity index (χ2n) is 4.98. The fraction of sp³-hybridized carbons (Fsp3) is 0.133. The molecular weight excluding hydrogens is 398 g/mol. The molecule has 0 aliphatic heterocycles. The fourth-order valence-corrected chi connectivity index (χ4v) is 2.08. The molecule has 0 unspecified atom stereocenters. The Balaban J connectivity index is 0.00000364. The first-order valence-corrected chi connectivity index (χ1v) is 6.65. The van der Waals surface area contributed by atoms with Gasteiger partial charge in [-0.05, 0) is 18.2 Å². The van der Waals surface area contributed by atoms with Crippen molar-refractivity contribution in [1.82, 2.24) is 0 Å². The van der Waals surface area contributed by atoms with E-state index in [-0.39, 0.29) is 35.2 Å². The van der Waals surface area contributed by atoms with Gasteiger partial charge in [0.15, 0.2) is 23.3 Å². The van der Waals surface area contributed by atoms with Crippen molar-refractivity contribution in [2.24, 2.45) is 0 Å². The third kappa shape index (κ3) is 4.66. The van der Waals surface area contributed by atoms with Crippen molar-refractivity contribution >= 4 is 11.7 Å². The van der Waals surface area contributed by atoms with Crippen molar-refractivity contribution < 1.29 is 75.3 Å². The van der Waals surface area contributed by atoms with Crippen LogP contribution in [0, 0.1) is 23.3 Å². The van der Waals surface area contributed by atoms with E-state index in [0.29, 0.717) is 0 Å². The summed E-state index contributed by atoms with van der Waals surface area (Å²) < 4.78 is 92.0. The van der Waals surface area contributed by atoms with Crippen molar-refractivity contribution in [2.75, 3.05) is 5.32 Å². The molecule has 0 aliphatic carbocycles. The predicted octanol–water partition coefficient (Wildman–Crippen LogP) is -0.0530. The third-order valence-corrected chi connectivity index (χ3v) is 3.32. The number of anilines is 1. The molecule has 0 spiro atoms. The molecule has 2 rings (SSSR count). The van der Waals surface area contributed by atoms with Crippen LogP contribution in [0.3, 0.4) is 0 Å². The van der Waals surface area contributed by atoms with Gasteiger partial charge < -0.3 is 20.3 Å². The van der Waals surface area contributed by atoms with E-state index in [1.165, 1.54) is 0 Å². The Morgan fingerprint density at radius 3 is 2.00 bits per heavy atom. The average Bonchev–Trinajstić information content (AvgIpc) is 2.53. The van der Waals surface area contributed by atoms with Gasteiger partial charge in [0.2, 0.25) is 0 Å². The summed E-state index contributed by atoms with van der Waals surface area (Å²) in [5, 5.41) is 22.2. The number of carboxylic acid groups (broad SMARTS) is 1. The Morgan fingerprint density at radius 2 is 1.56 bits per heavy atom. The number of aromatic carboxylic acids is 1. The minimum Gasteiger partial charge on any atom is -0.545 e. The first kappa shape index (κ1) is 23.1. The molecule has 0 aromatic heterocycles. The van der Waals surface area contributed by atoms with Crippen LogP contribution in [0.25, 0.3) is 0 Å². The van der Waals surface area contributed by atoms with Gasteiger partial charge >= 0.3 is 35.7 Å². The summed E-state index contributed by atoms with van der Waals surface area (Å²) in [4.78, 5) is 10.8. The quantitative estimate of drug-likeness (QED) is 0.324. The van der Waals surface area contributed by atoms with Crippen molar-refractivity contribution in [3.63, 3.8) is 0 Å². The molecule has 0 heterocycles. The van der Waals surface area contributed by atoms with Crippen LogP contribution in [0.5, 0.6) is 5.75 Å². The topological polar surface area (TPSA) is 72.4 Å². The zero-order valence-electron chi connectivity index (χ0n) is 13.3. The summed E-state index contributed by atoms with van der Waals surface area (Å²) in [7, 11) is 0. The van der Waals surface area contributed by atoms with Gasteiger partial charge in [-0.3, -0.25) is 0 Å². The maximum absolute atomic E-state index is 13.7. The van der Waals surface area contributed by atoms with Gasteiger partial charge in [0, 0.05) is 23.4 Å². The largest absolute Gasteiger partial charge is 1.00 e. The van der Waals surface area contributed by atoms with E-state index in [0.717, 1.165) is 18.2 Å². The van der Waals surface area contributed by atoms with Crippen molar-refractivity contribution in [3.8, 4) is 5.75 Å². The molecule has 27 heavy (non-hydrogen) atoms. The summed E-state index contributed by atoms with van der Waals surface area (Å²) in [5.41, 5.74) is -4.92. The van der Waals surface area contributed by atoms with Crippen LogP contribution in [-0.2, 0) is 12.7 Å². The molecular formula is C15H7F7NNaO3. The molecule has 140 valence electrons. The van der Waals surface area contributed by atoms with Crippen LogP contribution >= 0.6 is 0 Å². The first-order valence-electron chi connectivity index (χ1n) is 6.65. The first-order chi connectivity index (χ1) is 11.9. The number of carbonyl (C=O) groups excluding carboxylic acids is 1. The van der Waals surface area contributed by atoms with E-state index in [9.17, 15) is 45.7 Å². The number of aromatic hydroxyl groups is 1. The molecule has 2 aromatic carbocycles. The standard InChI is InChI=1S/C15H8F7NO3.Na/c16-10-7(11(17)13(19)9(12(10)18)15(20,21)22)4-23-5-1-2-8(24)6(3-5)14(25)26;/h1-3,23-24H,4H2,(H,25,26);/q;+1/p-1. The maximum Gasteiger partial charge on any atom is 1.00 e. The van der Waals surface area contributed by atoms with E-state index >= 15 is 0 Å². The third-order valence-electron chi connectivity index (χ3n) is 3.32. The van der Waals surface area contributed by atoms with Gasteiger partial charge in [0.25, 0.3) is 0 Å². The minimum atomic E-state index is -5.65. The number of halogens is 7. The van der Waals surface area contributed by atoms with Gasteiger partial charge in [0.1, 0.15) is 11.3 Å². The zero-order chi connectivity index (χ0) is 19.8. The van der Waals surface area contributed by atoms with Gasteiger partial charge in [-0.1, -0.05) is 0 Å². The van der Waals surface area contributed by atoms with Crippen molar-refractivity contribution in [3.05, 3.63) is 58.2 Å². The Hall–Kier alpha value is -1.98. The second kappa shape index (κ2) is 8.36. The smallest absolute Gasteiger partial charge is 0.545 e. The van der Waals surface area contributed by atoms with Crippen LogP contribution in [0.15, 0.2) is 18.2 Å². The van der Waals surface area contributed by atoms with E-state index in [4.69, 9.17) is 0 Å². The number of rotatable bonds is 4. The van der Waals surface area contributed by atoms with Crippen LogP contribution < -0.4 is 40.0 Å². The molecule has 0 bridgehead atoms. The summed E-state index contributed by atoms with van der Waals surface area (Å²) in [6.07, 6.45) is -5.65. The SMILES string of the molecule is O=C([O-])c1cc(NCc2c(F)c(F)c(C(F)(F)F)c(F)c2F)ccc1O.[Na+]. The summed E-state index contributed by atoms with van der Waals surface area (Å²) in [6.45, 7) is -1.01.